The Morgan fingerprint density at radius 3 is 2.41 bits per heavy atom. The van der Waals surface area contributed by atoms with Gasteiger partial charge in [0.1, 0.15) is 21.7 Å². The van der Waals surface area contributed by atoms with E-state index in [1.54, 1.807) is 0 Å². The smallest absolute Gasteiger partial charge is 0.422 e. The van der Waals surface area contributed by atoms with E-state index < -0.39 is 28.5 Å². The van der Waals surface area contributed by atoms with E-state index in [1.165, 1.54) is 32.0 Å². The number of aromatic carboxylic acids is 1. The average Bonchev–Trinajstić information content (AvgIpc) is 3.14. The van der Waals surface area contributed by atoms with E-state index >= 15 is 0 Å². The molecule has 1 aromatic carbocycles. The number of nitrogens with zero attached hydrogens (tertiary/aromatic N) is 2. The molecule has 6 nitrogen and oxygen atoms in total. The summed E-state index contributed by atoms with van der Waals surface area (Å²) in [5.74, 6) is -2.83. The molecule has 2 aromatic heterocycles. The van der Waals surface area contributed by atoms with Gasteiger partial charge in [0.25, 0.3) is 0 Å². The maximum absolute atomic E-state index is 14.1. The number of aryl methyl sites for hydroxylation is 1. The molecule has 0 spiro atoms. The fraction of sp³-hybridized carbons (Fsp3) is 0.227. The molecular weight excluding hydrogens is 516 g/mol. The number of benzene rings is 1. The van der Waals surface area contributed by atoms with Crippen LogP contribution in [0.5, 0.6) is 11.6 Å². The first-order chi connectivity index (χ1) is 15.8. The van der Waals surface area contributed by atoms with Crippen LogP contribution < -0.4 is 4.74 Å². The molecule has 34 heavy (non-hydrogen) atoms. The van der Waals surface area contributed by atoms with Gasteiger partial charge in [0, 0.05) is 22.0 Å². The molecule has 0 amide bonds. The van der Waals surface area contributed by atoms with Crippen molar-refractivity contribution in [2.45, 2.75) is 31.5 Å². The maximum Gasteiger partial charge on any atom is 0.422 e. The Bertz CT molecular complexity index is 1310. The number of ether oxygens (including phenoxy) is 1. The van der Waals surface area contributed by atoms with Gasteiger partial charge in [-0.2, -0.15) is 18.4 Å². The fourth-order valence-electron chi connectivity index (χ4n) is 3.26. The number of nitriles is 1. The second kappa shape index (κ2) is 9.43. The van der Waals surface area contributed by atoms with Gasteiger partial charge < -0.3 is 14.9 Å². The van der Waals surface area contributed by atoms with Gasteiger partial charge in [-0.05, 0) is 42.3 Å². The lowest BCUT2D eigenvalue weighted by molar-refractivity contribution is -0.273. The summed E-state index contributed by atoms with van der Waals surface area (Å²) < 4.78 is 47.9. The minimum absolute atomic E-state index is 0.0151. The highest BCUT2D eigenvalue weighted by molar-refractivity contribution is 7.12. The normalized spacial score (nSPS) is 14.2. The summed E-state index contributed by atoms with van der Waals surface area (Å²) in [6, 6.07) is 7.91. The zero-order valence-corrected chi connectivity index (χ0v) is 19.8. The van der Waals surface area contributed by atoms with Crippen LogP contribution >= 0.6 is 34.5 Å². The van der Waals surface area contributed by atoms with Gasteiger partial charge in [0.05, 0.1) is 5.56 Å². The summed E-state index contributed by atoms with van der Waals surface area (Å²) in [7, 11) is 0. The third kappa shape index (κ3) is 4.70. The van der Waals surface area contributed by atoms with Crippen molar-refractivity contribution in [3.8, 4) is 17.7 Å². The first kappa shape index (κ1) is 25.8. The average molecular weight is 531 g/mol. The first-order valence-electron chi connectivity index (χ1n) is 9.45. The highest BCUT2D eigenvalue weighted by Crippen LogP contribution is 2.52. The zero-order valence-electron chi connectivity index (χ0n) is 17.4. The topological polar surface area (TPSA) is 103 Å². The van der Waals surface area contributed by atoms with Gasteiger partial charge >= 0.3 is 12.1 Å². The van der Waals surface area contributed by atoms with Gasteiger partial charge in [-0.1, -0.05) is 36.2 Å². The number of thiophene rings is 1. The summed E-state index contributed by atoms with van der Waals surface area (Å²) in [6.45, 7) is 2.67. The number of hydrogen-bond donors (Lipinski definition) is 2. The standard InChI is InChI=1S/C22H15Cl2F3N2O4S/c1-10-5-18(34-17(10)8-28)21(32,22(25,26)27)11(2)14-4-3-13(7-15(14)23)33-19-16(24)6-12(9-29-19)20(30)31/h3-7,9,11,32H,1-2H3,(H,30,31)/t11-,21-/m1/s1. The predicted molar refractivity (Wildman–Crippen MR) is 120 cm³/mol. The minimum Gasteiger partial charge on any atom is -0.478 e. The van der Waals surface area contributed by atoms with E-state index in [4.69, 9.17) is 38.3 Å². The number of halogens is 5. The highest BCUT2D eigenvalue weighted by atomic mass is 35.5. The third-order valence-electron chi connectivity index (χ3n) is 5.16. The predicted octanol–water partition coefficient (Wildman–Crippen LogP) is 6.67. The summed E-state index contributed by atoms with van der Waals surface area (Å²) >= 11 is 12.8. The number of carboxylic acids is 1. The number of rotatable bonds is 6. The monoisotopic (exact) mass is 530 g/mol. The SMILES string of the molecule is Cc1cc([C@](O)([C@H](C)c2ccc(Oc3ncc(C(=O)O)cc3Cl)cc2Cl)C(F)(F)F)sc1C#N. The van der Waals surface area contributed by atoms with Crippen LogP contribution in [0.4, 0.5) is 13.2 Å². The summed E-state index contributed by atoms with van der Waals surface area (Å²) in [5, 5.41) is 28.8. The Labute approximate surface area is 205 Å². The molecule has 3 aromatic rings. The van der Waals surface area contributed by atoms with Crippen LogP contribution in [-0.2, 0) is 5.60 Å². The van der Waals surface area contributed by atoms with Crippen LogP contribution in [0.3, 0.4) is 0 Å². The Morgan fingerprint density at radius 1 is 1.24 bits per heavy atom. The molecule has 0 aliphatic carbocycles. The van der Waals surface area contributed by atoms with Crippen molar-refractivity contribution in [3.05, 3.63) is 73.0 Å². The number of hydrogen-bond acceptors (Lipinski definition) is 6. The summed E-state index contributed by atoms with van der Waals surface area (Å²) in [4.78, 5) is 14.5. The van der Waals surface area contributed by atoms with Gasteiger partial charge in [-0.25, -0.2) is 9.78 Å². The first-order valence-corrected chi connectivity index (χ1v) is 11.0. The second-order valence-electron chi connectivity index (χ2n) is 7.32. The quantitative estimate of drug-likeness (QED) is 0.368. The molecule has 3 rings (SSSR count). The number of carboxylic acid groups (broad SMARTS) is 1. The number of pyridine rings is 1. The molecule has 0 bridgehead atoms. The molecular formula is C22H15Cl2F3N2O4S. The Hall–Kier alpha value is -2.84. The van der Waals surface area contributed by atoms with Crippen LogP contribution in [0.2, 0.25) is 10.0 Å². The Balaban J connectivity index is 1.97. The van der Waals surface area contributed by atoms with Gasteiger partial charge in [0.2, 0.25) is 11.5 Å². The summed E-state index contributed by atoms with van der Waals surface area (Å²) in [6.07, 6.45) is -4.04. The van der Waals surface area contributed by atoms with Crippen LogP contribution in [0.15, 0.2) is 36.5 Å². The molecule has 2 atom stereocenters. The molecule has 0 aliphatic heterocycles. The molecule has 2 heterocycles. The Kier molecular flexibility index (Phi) is 7.15. The van der Waals surface area contributed by atoms with E-state index in [-0.39, 0.29) is 37.7 Å². The molecule has 2 N–H and O–H groups in total. The maximum atomic E-state index is 14.1. The van der Waals surface area contributed by atoms with Crippen LogP contribution in [0.25, 0.3) is 0 Å². The number of aliphatic hydroxyl groups is 1. The van der Waals surface area contributed by atoms with Crippen molar-refractivity contribution in [3.63, 3.8) is 0 Å². The van der Waals surface area contributed by atoms with Crippen molar-refractivity contribution in [2.24, 2.45) is 0 Å². The van der Waals surface area contributed by atoms with Crippen molar-refractivity contribution < 1.29 is 32.9 Å². The third-order valence-corrected chi connectivity index (χ3v) is 7.03. The molecule has 0 saturated carbocycles. The van der Waals surface area contributed by atoms with Crippen molar-refractivity contribution in [2.75, 3.05) is 0 Å². The lowest BCUT2D eigenvalue weighted by atomic mass is 9.81. The molecule has 12 heteroatoms. The lowest BCUT2D eigenvalue weighted by Gasteiger charge is -2.35. The van der Waals surface area contributed by atoms with E-state index in [2.05, 4.69) is 4.98 Å². The minimum atomic E-state index is -5.07. The second-order valence-corrected chi connectivity index (χ2v) is 9.19. The van der Waals surface area contributed by atoms with E-state index in [0.29, 0.717) is 16.9 Å². The largest absolute Gasteiger partial charge is 0.478 e. The number of aromatic nitrogens is 1. The molecule has 0 fully saturated rings. The van der Waals surface area contributed by atoms with E-state index in [0.717, 1.165) is 18.3 Å². The molecule has 0 saturated heterocycles. The van der Waals surface area contributed by atoms with E-state index in [9.17, 15) is 23.1 Å². The molecule has 0 aliphatic rings. The van der Waals surface area contributed by atoms with Gasteiger partial charge in [-0.15, -0.1) is 11.3 Å². The fourth-order valence-corrected chi connectivity index (χ4v) is 4.96. The van der Waals surface area contributed by atoms with Gasteiger partial charge in [0.15, 0.2) is 0 Å². The molecule has 0 unspecified atom stereocenters. The zero-order chi connectivity index (χ0) is 25.4. The van der Waals surface area contributed by atoms with Crippen LogP contribution in [-0.4, -0.2) is 27.3 Å². The van der Waals surface area contributed by atoms with E-state index in [1.807, 2.05) is 6.07 Å². The van der Waals surface area contributed by atoms with Crippen LogP contribution in [0.1, 0.15) is 44.1 Å². The van der Waals surface area contributed by atoms with Crippen molar-refractivity contribution >= 4 is 40.5 Å². The van der Waals surface area contributed by atoms with Gasteiger partial charge in [-0.3, -0.25) is 0 Å². The highest BCUT2D eigenvalue weighted by Gasteiger charge is 2.60. The molecule has 0 radical (unpaired) electrons. The lowest BCUT2D eigenvalue weighted by Crippen LogP contribution is -2.46. The Morgan fingerprint density at radius 2 is 1.91 bits per heavy atom. The molecule has 178 valence electrons. The number of carbonyl (C=O) groups is 1. The summed E-state index contributed by atoms with van der Waals surface area (Å²) in [5.41, 5.74) is -3.15. The van der Waals surface area contributed by atoms with Crippen molar-refractivity contribution in [1.29, 1.82) is 5.26 Å². The number of alkyl halides is 3. The van der Waals surface area contributed by atoms with Crippen LogP contribution in [0, 0.1) is 18.3 Å². The van der Waals surface area contributed by atoms with Crippen molar-refractivity contribution in [1.82, 2.24) is 4.98 Å².